The van der Waals surface area contributed by atoms with Crippen molar-refractivity contribution in [3.8, 4) is 0 Å². The molecule has 2 N–H and O–H groups in total. The van der Waals surface area contributed by atoms with Crippen LogP contribution in [0.1, 0.15) is 44.0 Å². The number of anilines is 2. The number of nitrogens with zero attached hydrogens (tertiary/aromatic N) is 3. The molecule has 1 aliphatic heterocycles. The summed E-state index contributed by atoms with van der Waals surface area (Å²) in [5, 5.41) is 5.46. The standard InChI is InChI=1S/C25H32FN5O4/c1-25(2,3)35-24(34)31-15-13-30(14-16-31)20-10-11-21(28-17-20)29-22(32)5-4-12-27-23(33)18-6-8-19(26)9-7-18/h6-11,17H,4-5,12-16H2,1-3H3,(H,27,33)(H,28,29,32). The van der Waals surface area contributed by atoms with Crippen LogP contribution in [0.3, 0.4) is 0 Å². The van der Waals surface area contributed by atoms with Crippen LogP contribution < -0.4 is 15.5 Å². The molecule has 0 unspecified atom stereocenters. The first kappa shape index (κ1) is 25.9. The zero-order valence-electron chi connectivity index (χ0n) is 20.3. The van der Waals surface area contributed by atoms with Gasteiger partial charge in [-0.05, 0) is 63.6 Å². The van der Waals surface area contributed by atoms with E-state index in [1.54, 1.807) is 17.2 Å². The summed E-state index contributed by atoms with van der Waals surface area (Å²) in [6, 6.07) is 8.90. The second kappa shape index (κ2) is 11.6. The molecule has 1 aromatic carbocycles. The normalized spacial score (nSPS) is 13.8. The first-order chi connectivity index (χ1) is 16.6. The maximum atomic E-state index is 12.9. The highest BCUT2D eigenvalue weighted by Crippen LogP contribution is 2.19. The Hall–Kier alpha value is -3.69. The number of hydrogen-bond donors (Lipinski definition) is 2. The van der Waals surface area contributed by atoms with Crippen LogP contribution in [0.4, 0.5) is 20.7 Å². The summed E-state index contributed by atoms with van der Waals surface area (Å²) in [5.41, 5.74) is 0.762. The largest absolute Gasteiger partial charge is 0.444 e. The van der Waals surface area contributed by atoms with E-state index in [9.17, 15) is 18.8 Å². The number of hydrogen-bond acceptors (Lipinski definition) is 6. The fraction of sp³-hybridized carbons (Fsp3) is 0.440. The summed E-state index contributed by atoms with van der Waals surface area (Å²) >= 11 is 0. The molecule has 1 saturated heterocycles. The van der Waals surface area contributed by atoms with Crippen molar-refractivity contribution in [2.75, 3.05) is 42.9 Å². The van der Waals surface area contributed by atoms with Gasteiger partial charge in [-0.3, -0.25) is 9.59 Å². The van der Waals surface area contributed by atoms with E-state index in [4.69, 9.17) is 4.74 Å². The summed E-state index contributed by atoms with van der Waals surface area (Å²) < 4.78 is 18.4. The van der Waals surface area contributed by atoms with Crippen molar-refractivity contribution in [3.63, 3.8) is 0 Å². The van der Waals surface area contributed by atoms with Gasteiger partial charge in [0.25, 0.3) is 5.91 Å². The Labute approximate surface area is 204 Å². The zero-order valence-corrected chi connectivity index (χ0v) is 20.3. The fourth-order valence-electron chi connectivity index (χ4n) is 3.48. The van der Waals surface area contributed by atoms with Crippen LogP contribution in [-0.4, -0.2) is 66.1 Å². The Morgan fingerprint density at radius 3 is 2.31 bits per heavy atom. The molecule has 35 heavy (non-hydrogen) atoms. The van der Waals surface area contributed by atoms with Gasteiger partial charge in [-0.1, -0.05) is 0 Å². The molecule has 1 aliphatic rings. The predicted molar refractivity (Wildman–Crippen MR) is 131 cm³/mol. The van der Waals surface area contributed by atoms with Gasteiger partial charge >= 0.3 is 6.09 Å². The first-order valence-corrected chi connectivity index (χ1v) is 11.6. The Bertz CT molecular complexity index is 1010. The quantitative estimate of drug-likeness (QED) is 0.583. The molecule has 1 fully saturated rings. The topological polar surface area (TPSA) is 104 Å². The molecule has 0 radical (unpaired) electrons. The summed E-state index contributed by atoms with van der Waals surface area (Å²) in [5.74, 6) is -0.469. The van der Waals surface area contributed by atoms with Crippen molar-refractivity contribution in [3.05, 3.63) is 54.0 Å². The van der Waals surface area contributed by atoms with Crippen LogP contribution in [0.15, 0.2) is 42.6 Å². The average molecular weight is 486 g/mol. The molecule has 0 bridgehead atoms. The van der Waals surface area contributed by atoms with Crippen molar-refractivity contribution in [1.29, 1.82) is 0 Å². The number of nitrogens with one attached hydrogen (secondary N) is 2. The Balaban J connectivity index is 1.37. The zero-order chi connectivity index (χ0) is 25.4. The molecule has 0 spiro atoms. The third-order valence-corrected chi connectivity index (χ3v) is 5.28. The Morgan fingerprint density at radius 2 is 1.71 bits per heavy atom. The molecule has 0 atom stereocenters. The van der Waals surface area contributed by atoms with Crippen LogP contribution in [0.5, 0.6) is 0 Å². The summed E-state index contributed by atoms with van der Waals surface area (Å²) in [6.45, 7) is 8.32. The molecule has 3 amide bonds. The van der Waals surface area contributed by atoms with E-state index in [2.05, 4.69) is 20.5 Å². The van der Waals surface area contributed by atoms with Crippen molar-refractivity contribution in [2.24, 2.45) is 0 Å². The lowest BCUT2D eigenvalue weighted by Gasteiger charge is -2.36. The number of aromatic nitrogens is 1. The second-order valence-corrected chi connectivity index (χ2v) is 9.27. The molecule has 188 valence electrons. The first-order valence-electron chi connectivity index (χ1n) is 11.6. The van der Waals surface area contributed by atoms with Crippen molar-refractivity contribution in [1.82, 2.24) is 15.2 Å². The van der Waals surface area contributed by atoms with Gasteiger partial charge in [-0.2, -0.15) is 0 Å². The van der Waals surface area contributed by atoms with Crippen molar-refractivity contribution in [2.45, 2.75) is 39.2 Å². The minimum absolute atomic E-state index is 0.202. The van der Waals surface area contributed by atoms with E-state index < -0.39 is 11.4 Å². The highest BCUT2D eigenvalue weighted by atomic mass is 19.1. The van der Waals surface area contributed by atoms with E-state index in [0.29, 0.717) is 50.5 Å². The molecule has 3 rings (SSSR count). The van der Waals surface area contributed by atoms with Gasteiger partial charge in [-0.15, -0.1) is 0 Å². The Kier molecular flexibility index (Phi) is 8.62. The predicted octanol–water partition coefficient (Wildman–Crippen LogP) is 3.43. The SMILES string of the molecule is CC(C)(C)OC(=O)N1CCN(c2ccc(NC(=O)CCCNC(=O)c3ccc(F)cc3)nc2)CC1. The van der Waals surface area contributed by atoms with Crippen LogP contribution in [0.25, 0.3) is 0 Å². The maximum absolute atomic E-state index is 12.9. The van der Waals surface area contributed by atoms with Gasteiger partial charge in [0, 0.05) is 44.7 Å². The van der Waals surface area contributed by atoms with E-state index in [1.165, 1.54) is 24.3 Å². The molecule has 0 aliphatic carbocycles. The lowest BCUT2D eigenvalue weighted by atomic mass is 10.2. The maximum Gasteiger partial charge on any atom is 0.410 e. The number of rotatable bonds is 7. The van der Waals surface area contributed by atoms with Gasteiger partial charge in [0.1, 0.15) is 17.2 Å². The summed E-state index contributed by atoms with van der Waals surface area (Å²) in [6.07, 6.45) is 2.07. The number of pyridine rings is 1. The third-order valence-electron chi connectivity index (χ3n) is 5.28. The fourth-order valence-corrected chi connectivity index (χ4v) is 3.48. The number of carbonyl (C=O) groups is 3. The molecule has 10 heteroatoms. The van der Waals surface area contributed by atoms with Gasteiger partial charge < -0.3 is 25.2 Å². The van der Waals surface area contributed by atoms with Crippen LogP contribution >= 0.6 is 0 Å². The van der Waals surface area contributed by atoms with Gasteiger partial charge in [0.15, 0.2) is 0 Å². The van der Waals surface area contributed by atoms with E-state index >= 15 is 0 Å². The lowest BCUT2D eigenvalue weighted by molar-refractivity contribution is -0.116. The van der Waals surface area contributed by atoms with E-state index in [-0.39, 0.29) is 24.3 Å². The molecule has 9 nitrogen and oxygen atoms in total. The number of ether oxygens (including phenoxy) is 1. The monoisotopic (exact) mass is 485 g/mol. The molecular formula is C25H32FN5O4. The average Bonchev–Trinajstić information content (AvgIpc) is 2.82. The van der Waals surface area contributed by atoms with Crippen LogP contribution in [0, 0.1) is 5.82 Å². The number of benzene rings is 1. The lowest BCUT2D eigenvalue weighted by Crippen LogP contribution is -2.50. The van der Waals surface area contributed by atoms with Gasteiger partial charge in [0.2, 0.25) is 5.91 Å². The highest BCUT2D eigenvalue weighted by molar-refractivity contribution is 5.94. The number of piperazine rings is 1. The van der Waals surface area contributed by atoms with Crippen LogP contribution in [-0.2, 0) is 9.53 Å². The molecule has 1 aromatic heterocycles. The minimum Gasteiger partial charge on any atom is -0.444 e. The smallest absolute Gasteiger partial charge is 0.410 e. The molecule has 2 aromatic rings. The van der Waals surface area contributed by atoms with E-state index in [1.807, 2.05) is 26.8 Å². The third kappa shape index (κ3) is 8.24. The highest BCUT2D eigenvalue weighted by Gasteiger charge is 2.26. The van der Waals surface area contributed by atoms with Gasteiger partial charge in [0.05, 0.1) is 11.9 Å². The second-order valence-electron chi connectivity index (χ2n) is 9.27. The van der Waals surface area contributed by atoms with E-state index in [0.717, 1.165) is 5.69 Å². The summed E-state index contributed by atoms with van der Waals surface area (Å²) in [7, 11) is 0. The van der Waals surface area contributed by atoms with Crippen LogP contribution in [0.2, 0.25) is 0 Å². The molecular weight excluding hydrogens is 453 g/mol. The number of carbonyl (C=O) groups excluding carboxylic acids is 3. The Morgan fingerprint density at radius 1 is 1.03 bits per heavy atom. The number of halogens is 1. The minimum atomic E-state index is -0.518. The molecule has 2 heterocycles. The molecule has 0 saturated carbocycles. The van der Waals surface area contributed by atoms with Gasteiger partial charge in [-0.25, -0.2) is 14.2 Å². The van der Waals surface area contributed by atoms with Crippen molar-refractivity contribution < 1.29 is 23.5 Å². The number of amides is 3. The summed E-state index contributed by atoms with van der Waals surface area (Å²) in [4.78, 5) is 44.5. The van der Waals surface area contributed by atoms with Crippen molar-refractivity contribution >= 4 is 29.4 Å².